The number of rotatable bonds is 7. The lowest BCUT2D eigenvalue weighted by molar-refractivity contribution is -0.137. The van der Waals surface area contributed by atoms with Gasteiger partial charge in [0, 0.05) is 29.0 Å². The summed E-state index contributed by atoms with van der Waals surface area (Å²) in [6.45, 7) is -1.18. The third kappa shape index (κ3) is 7.28. The highest BCUT2D eigenvalue weighted by molar-refractivity contribution is 6.34. The summed E-state index contributed by atoms with van der Waals surface area (Å²) in [5, 5.41) is 8.46. The Labute approximate surface area is 206 Å². The molecule has 0 radical (unpaired) electrons. The van der Waals surface area contributed by atoms with Crippen LogP contribution in [0, 0.1) is 0 Å². The molecule has 2 amide bonds. The van der Waals surface area contributed by atoms with E-state index in [-0.39, 0.29) is 17.7 Å². The maximum Gasteiger partial charge on any atom is 0.417 e. The van der Waals surface area contributed by atoms with Gasteiger partial charge in [0.2, 0.25) is 5.91 Å². The zero-order valence-electron chi connectivity index (χ0n) is 18.0. The number of alkyl halides is 5. The van der Waals surface area contributed by atoms with E-state index in [9.17, 15) is 31.5 Å². The molecule has 35 heavy (non-hydrogen) atoms. The number of hydrogen-bond donors (Lipinski definition) is 2. The molecule has 0 bridgehead atoms. The second-order valence-corrected chi connectivity index (χ2v) is 8.70. The molecular formula is C22H18Cl2F5N3O3. The van der Waals surface area contributed by atoms with Gasteiger partial charge < -0.3 is 15.5 Å². The molecule has 1 aliphatic heterocycles. The monoisotopic (exact) mass is 537 g/mol. The highest BCUT2D eigenvalue weighted by atomic mass is 35.5. The molecule has 13 heteroatoms. The summed E-state index contributed by atoms with van der Waals surface area (Å²) < 4.78 is 66.7. The van der Waals surface area contributed by atoms with Gasteiger partial charge in [0.25, 0.3) is 11.8 Å². The molecule has 3 rings (SSSR count). The summed E-state index contributed by atoms with van der Waals surface area (Å²) >= 11 is 12.0. The number of oxime groups is 1. The lowest BCUT2D eigenvalue weighted by atomic mass is 9.96. The molecular weight excluding hydrogens is 520 g/mol. The minimum Gasteiger partial charge on any atom is -0.387 e. The first-order valence-electron chi connectivity index (χ1n) is 10.1. The van der Waals surface area contributed by atoms with Crippen LogP contribution >= 0.6 is 23.2 Å². The molecule has 0 saturated heterocycles. The maximum absolute atomic E-state index is 13.7. The predicted octanol–water partition coefficient (Wildman–Crippen LogP) is 5.38. The number of hydrogen-bond acceptors (Lipinski definition) is 4. The SMILES string of the molecule is CC(F)(F)CNC(=O)CNC(=O)c1ccc(C2=NOC(c3cc(Cl)cc(Cl)c3)C2)cc1C(F)(F)F. The fourth-order valence-corrected chi connectivity index (χ4v) is 3.76. The predicted molar refractivity (Wildman–Crippen MR) is 119 cm³/mol. The van der Waals surface area contributed by atoms with E-state index in [0.717, 1.165) is 12.1 Å². The van der Waals surface area contributed by atoms with E-state index < -0.39 is 54.2 Å². The van der Waals surface area contributed by atoms with E-state index in [0.29, 0.717) is 22.5 Å². The van der Waals surface area contributed by atoms with Crippen molar-refractivity contribution in [3.63, 3.8) is 0 Å². The summed E-state index contributed by atoms with van der Waals surface area (Å²) in [4.78, 5) is 29.3. The molecule has 1 heterocycles. The molecule has 0 aromatic heterocycles. The second kappa shape index (κ2) is 10.4. The topological polar surface area (TPSA) is 79.8 Å². The number of carbonyl (C=O) groups is 2. The Morgan fingerprint density at radius 3 is 2.31 bits per heavy atom. The zero-order chi connectivity index (χ0) is 26.0. The van der Waals surface area contributed by atoms with Crippen LogP contribution in [-0.2, 0) is 15.8 Å². The highest BCUT2D eigenvalue weighted by Gasteiger charge is 2.36. The summed E-state index contributed by atoms with van der Waals surface area (Å²) in [6, 6.07) is 7.68. The number of halogens is 7. The quantitative estimate of drug-likeness (QED) is 0.465. The maximum atomic E-state index is 13.7. The summed E-state index contributed by atoms with van der Waals surface area (Å²) in [5.41, 5.74) is -1.12. The van der Waals surface area contributed by atoms with E-state index in [4.69, 9.17) is 28.0 Å². The van der Waals surface area contributed by atoms with Crippen LogP contribution in [0.4, 0.5) is 22.0 Å². The average molecular weight is 538 g/mol. The molecule has 0 saturated carbocycles. The van der Waals surface area contributed by atoms with Crippen LogP contribution in [0.3, 0.4) is 0 Å². The normalized spacial score (nSPS) is 15.9. The minimum absolute atomic E-state index is 0.0763. The Balaban J connectivity index is 1.74. The van der Waals surface area contributed by atoms with Gasteiger partial charge in [-0.2, -0.15) is 13.2 Å². The van der Waals surface area contributed by atoms with Crippen LogP contribution in [-0.4, -0.2) is 36.5 Å². The number of amides is 2. The van der Waals surface area contributed by atoms with Crippen molar-refractivity contribution in [2.75, 3.05) is 13.1 Å². The fraction of sp³-hybridized carbons (Fsp3) is 0.318. The molecule has 2 N–H and O–H groups in total. The third-order valence-corrected chi connectivity index (χ3v) is 5.27. The third-order valence-electron chi connectivity index (χ3n) is 4.83. The van der Waals surface area contributed by atoms with Gasteiger partial charge in [-0.05, 0) is 35.9 Å². The van der Waals surface area contributed by atoms with Crippen molar-refractivity contribution in [3.05, 3.63) is 68.7 Å². The Morgan fingerprint density at radius 1 is 1.06 bits per heavy atom. The van der Waals surface area contributed by atoms with E-state index in [1.807, 2.05) is 10.6 Å². The second-order valence-electron chi connectivity index (χ2n) is 7.83. The molecule has 1 aliphatic rings. The van der Waals surface area contributed by atoms with Crippen LogP contribution in [0.25, 0.3) is 0 Å². The molecule has 2 aromatic carbocycles. The largest absolute Gasteiger partial charge is 0.417 e. The fourth-order valence-electron chi connectivity index (χ4n) is 3.22. The van der Waals surface area contributed by atoms with Gasteiger partial charge in [0.15, 0.2) is 6.10 Å². The summed E-state index contributed by atoms with van der Waals surface area (Å²) in [5.74, 6) is -5.35. The number of nitrogens with one attached hydrogen (secondary N) is 2. The summed E-state index contributed by atoms with van der Waals surface area (Å²) in [7, 11) is 0. The van der Waals surface area contributed by atoms with Crippen molar-refractivity contribution in [2.45, 2.75) is 31.5 Å². The summed E-state index contributed by atoms with van der Waals surface area (Å²) in [6.07, 6.45) is -5.40. The Bertz CT molecular complexity index is 1150. The molecule has 6 nitrogen and oxygen atoms in total. The van der Waals surface area contributed by atoms with Crippen molar-refractivity contribution in [1.29, 1.82) is 0 Å². The van der Waals surface area contributed by atoms with Crippen LogP contribution in [0.2, 0.25) is 10.0 Å². The van der Waals surface area contributed by atoms with Gasteiger partial charge >= 0.3 is 6.18 Å². The van der Waals surface area contributed by atoms with Gasteiger partial charge in [0.05, 0.1) is 29.9 Å². The molecule has 0 fully saturated rings. The van der Waals surface area contributed by atoms with Gasteiger partial charge in [-0.1, -0.05) is 34.4 Å². The molecule has 0 aliphatic carbocycles. The number of nitrogens with zero attached hydrogens (tertiary/aromatic N) is 1. The van der Waals surface area contributed by atoms with E-state index >= 15 is 0 Å². The van der Waals surface area contributed by atoms with Crippen LogP contribution in [0.1, 0.15) is 46.5 Å². The van der Waals surface area contributed by atoms with Gasteiger partial charge in [-0.25, -0.2) is 8.78 Å². The lowest BCUT2D eigenvalue weighted by Crippen LogP contribution is -2.41. The van der Waals surface area contributed by atoms with Crippen molar-refractivity contribution in [3.8, 4) is 0 Å². The zero-order valence-corrected chi connectivity index (χ0v) is 19.5. The van der Waals surface area contributed by atoms with Crippen molar-refractivity contribution >= 4 is 40.7 Å². The molecule has 0 spiro atoms. The number of carbonyl (C=O) groups excluding carboxylic acids is 2. The van der Waals surface area contributed by atoms with E-state index in [1.165, 1.54) is 12.1 Å². The van der Waals surface area contributed by atoms with Crippen LogP contribution < -0.4 is 10.6 Å². The molecule has 1 unspecified atom stereocenters. The van der Waals surface area contributed by atoms with E-state index in [2.05, 4.69) is 5.16 Å². The van der Waals surface area contributed by atoms with Gasteiger partial charge in [-0.15, -0.1) is 0 Å². The van der Waals surface area contributed by atoms with Crippen LogP contribution in [0.5, 0.6) is 0 Å². The standard InChI is InChI=1S/C22H18Cl2F5N3O3/c1-21(25,26)10-31-19(33)9-30-20(34)15-3-2-11(6-16(15)22(27,28)29)17-8-18(35-32-17)12-4-13(23)7-14(24)5-12/h2-7,18H,8-10H2,1H3,(H,30,34)(H,31,33). The smallest absolute Gasteiger partial charge is 0.387 e. The van der Waals surface area contributed by atoms with E-state index in [1.54, 1.807) is 12.1 Å². The molecule has 188 valence electrons. The number of benzene rings is 2. The van der Waals surface area contributed by atoms with Gasteiger partial charge in [0.1, 0.15) is 0 Å². The van der Waals surface area contributed by atoms with Crippen molar-refractivity contribution < 1.29 is 36.4 Å². The van der Waals surface area contributed by atoms with Crippen LogP contribution in [0.15, 0.2) is 41.6 Å². The Hall–Kier alpha value is -2.92. The Kier molecular flexibility index (Phi) is 7.90. The minimum atomic E-state index is -4.91. The first-order valence-corrected chi connectivity index (χ1v) is 10.8. The van der Waals surface area contributed by atoms with Gasteiger partial charge in [-0.3, -0.25) is 9.59 Å². The lowest BCUT2D eigenvalue weighted by Gasteiger charge is -2.15. The van der Waals surface area contributed by atoms with Crippen molar-refractivity contribution in [2.24, 2.45) is 5.16 Å². The van der Waals surface area contributed by atoms with Crippen molar-refractivity contribution in [1.82, 2.24) is 10.6 Å². The first-order chi connectivity index (χ1) is 16.2. The first kappa shape index (κ1) is 26.7. The molecule has 1 atom stereocenters. The molecule has 2 aromatic rings. The Morgan fingerprint density at radius 2 is 1.71 bits per heavy atom. The average Bonchev–Trinajstić information content (AvgIpc) is 3.24. The highest BCUT2D eigenvalue weighted by Crippen LogP contribution is 2.36.